The smallest absolute Gasteiger partial charge is 0.0351 e. The third-order valence-corrected chi connectivity index (χ3v) is 1.34. The molecule has 0 bridgehead atoms. The molecule has 11 heavy (non-hydrogen) atoms. The molecule has 0 spiro atoms. The van der Waals surface area contributed by atoms with Crippen LogP contribution in [-0.2, 0) is 0 Å². The van der Waals surface area contributed by atoms with Crippen LogP contribution in [0.1, 0.15) is 0 Å². The minimum absolute atomic E-state index is 0. The molecule has 66 valence electrons. The molecule has 0 aromatic rings. The molecule has 0 amide bonds. The van der Waals surface area contributed by atoms with E-state index in [9.17, 15) is 0 Å². The van der Waals surface area contributed by atoms with Crippen molar-refractivity contribution in [1.82, 2.24) is 4.90 Å². The Balaban J connectivity index is 0. The largest absolute Gasteiger partial charge is 0.295 e. The normalized spacial score (nSPS) is 8.91. The van der Waals surface area contributed by atoms with Crippen LogP contribution in [0, 0.1) is 0 Å². The second kappa shape index (κ2) is 10.0. The van der Waals surface area contributed by atoms with Crippen molar-refractivity contribution < 1.29 is 0 Å². The van der Waals surface area contributed by atoms with Crippen LogP contribution in [0.15, 0.2) is 25.3 Å². The summed E-state index contributed by atoms with van der Waals surface area (Å²) in [6.45, 7) is 9.97. The summed E-state index contributed by atoms with van der Waals surface area (Å²) >= 11 is 5.56. The second-order valence-electron chi connectivity index (χ2n) is 2.03. The van der Waals surface area contributed by atoms with Gasteiger partial charge < -0.3 is 0 Å². The average Bonchev–Trinajstić information content (AvgIpc) is 1.90. The molecular formula is C8H15Cl2N. The number of hydrogen-bond donors (Lipinski definition) is 0. The van der Waals surface area contributed by atoms with Gasteiger partial charge in [0, 0.05) is 25.5 Å². The van der Waals surface area contributed by atoms with E-state index in [-0.39, 0.29) is 12.4 Å². The fraction of sp³-hybridized carbons (Fsp3) is 0.500. The van der Waals surface area contributed by atoms with Gasteiger partial charge in [0.2, 0.25) is 0 Å². The monoisotopic (exact) mass is 195 g/mol. The van der Waals surface area contributed by atoms with Gasteiger partial charge in [-0.15, -0.1) is 37.2 Å². The summed E-state index contributed by atoms with van der Waals surface area (Å²) in [5, 5.41) is 0. The SMILES string of the molecule is C=CCN(CC=C)CCCl.Cl. The highest BCUT2D eigenvalue weighted by atomic mass is 35.5. The Morgan fingerprint density at radius 1 is 1.18 bits per heavy atom. The van der Waals surface area contributed by atoms with Crippen LogP contribution in [0.4, 0.5) is 0 Å². The van der Waals surface area contributed by atoms with E-state index < -0.39 is 0 Å². The van der Waals surface area contributed by atoms with Gasteiger partial charge in [-0.2, -0.15) is 0 Å². The molecule has 3 heteroatoms. The van der Waals surface area contributed by atoms with Gasteiger partial charge in [0.1, 0.15) is 0 Å². The van der Waals surface area contributed by atoms with Gasteiger partial charge in [-0.1, -0.05) is 12.2 Å². The number of hydrogen-bond acceptors (Lipinski definition) is 1. The fourth-order valence-corrected chi connectivity index (χ4v) is 0.981. The number of rotatable bonds is 6. The highest BCUT2D eigenvalue weighted by molar-refractivity contribution is 6.18. The molecule has 0 N–H and O–H groups in total. The first kappa shape index (κ1) is 13.6. The van der Waals surface area contributed by atoms with E-state index in [2.05, 4.69) is 18.1 Å². The number of nitrogens with zero attached hydrogens (tertiary/aromatic N) is 1. The maximum absolute atomic E-state index is 5.56. The molecule has 0 rings (SSSR count). The molecular weight excluding hydrogens is 181 g/mol. The van der Waals surface area contributed by atoms with Gasteiger partial charge in [-0.3, -0.25) is 4.90 Å². The van der Waals surface area contributed by atoms with Gasteiger partial charge >= 0.3 is 0 Å². The summed E-state index contributed by atoms with van der Waals surface area (Å²) < 4.78 is 0. The second-order valence-corrected chi connectivity index (χ2v) is 2.40. The lowest BCUT2D eigenvalue weighted by molar-refractivity contribution is 0.357. The summed E-state index contributed by atoms with van der Waals surface area (Å²) in [5.74, 6) is 0.668. The molecule has 0 aliphatic rings. The van der Waals surface area contributed by atoms with Gasteiger partial charge in [-0.05, 0) is 0 Å². The van der Waals surface area contributed by atoms with Crippen molar-refractivity contribution in [3.8, 4) is 0 Å². The molecule has 0 saturated carbocycles. The molecule has 0 heterocycles. The molecule has 0 unspecified atom stereocenters. The van der Waals surface area contributed by atoms with Crippen molar-refractivity contribution in [3.05, 3.63) is 25.3 Å². The van der Waals surface area contributed by atoms with E-state index in [0.717, 1.165) is 19.6 Å². The molecule has 0 aliphatic carbocycles. The first-order valence-electron chi connectivity index (χ1n) is 3.35. The van der Waals surface area contributed by atoms with E-state index in [1.165, 1.54) is 0 Å². The maximum atomic E-state index is 5.56. The van der Waals surface area contributed by atoms with E-state index in [4.69, 9.17) is 11.6 Å². The van der Waals surface area contributed by atoms with Gasteiger partial charge in [0.25, 0.3) is 0 Å². The molecule has 0 aromatic heterocycles. The summed E-state index contributed by atoms with van der Waals surface area (Å²) in [5.41, 5.74) is 0. The Morgan fingerprint density at radius 2 is 1.64 bits per heavy atom. The van der Waals surface area contributed by atoms with E-state index in [0.29, 0.717) is 5.88 Å². The Labute approximate surface area is 80.1 Å². The van der Waals surface area contributed by atoms with E-state index >= 15 is 0 Å². The highest BCUT2D eigenvalue weighted by Gasteiger charge is 1.96. The highest BCUT2D eigenvalue weighted by Crippen LogP contribution is 1.89. The zero-order valence-electron chi connectivity index (χ0n) is 6.63. The van der Waals surface area contributed by atoms with Crippen molar-refractivity contribution >= 4 is 24.0 Å². The van der Waals surface area contributed by atoms with Crippen LogP contribution in [0.3, 0.4) is 0 Å². The van der Waals surface area contributed by atoms with E-state index in [1.807, 2.05) is 12.2 Å². The Morgan fingerprint density at radius 3 is 1.91 bits per heavy atom. The van der Waals surface area contributed by atoms with Gasteiger partial charge in [0.15, 0.2) is 0 Å². The fourth-order valence-electron chi connectivity index (χ4n) is 0.742. The Bertz CT molecular complexity index is 94.3. The van der Waals surface area contributed by atoms with Crippen LogP contribution in [0.25, 0.3) is 0 Å². The van der Waals surface area contributed by atoms with Crippen molar-refractivity contribution in [3.63, 3.8) is 0 Å². The Kier molecular flexibility index (Phi) is 12.4. The predicted molar refractivity (Wildman–Crippen MR) is 54.8 cm³/mol. The van der Waals surface area contributed by atoms with Gasteiger partial charge in [0.05, 0.1) is 0 Å². The summed E-state index contributed by atoms with van der Waals surface area (Å²) in [7, 11) is 0. The zero-order chi connectivity index (χ0) is 7.82. The summed E-state index contributed by atoms with van der Waals surface area (Å²) in [6, 6.07) is 0. The van der Waals surface area contributed by atoms with Gasteiger partial charge in [-0.25, -0.2) is 0 Å². The third kappa shape index (κ3) is 7.92. The van der Waals surface area contributed by atoms with Crippen molar-refractivity contribution in [2.75, 3.05) is 25.5 Å². The predicted octanol–water partition coefficient (Wildman–Crippen LogP) is 2.32. The first-order chi connectivity index (χ1) is 4.85. The lowest BCUT2D eigenvalue weighted by Crippen LogP contribution is -2.25. The minimum atomic E-state index is 0. The molecule has 0 fully saturated rings. The minimum Gasteiger partial charge on any atom is -0.295 e. The van der Waals surface area contributed by atoms with Crippen LogP contribution in [0.2, 0.25) is 0 Å². The van der Waals surface area contributed by atoms with Crippen LogP contribution < -0.4 is 0 Å². The third-order valence-electron chi connectivity index (χ3n) is 1.18. The molecule has 0 atom stereocenters. The standard InChI is InChI=1S/C8H14ClN.ClH/c1-3-6-10(7-4-2)8-5-9;/h3-4H,1-2,5-8H2;1H. The molecule has 0 aromatic carbocycles. The molecule has 0 radical (unpaired) electrons. The van der Waals surface area contributed by atoms with Crippen LogP contribution in [0.5, 0.6) is 0 Å². The molecule has 0 saturated heterocycles. The van der Waals surface area contributed by atoms with Crippen LogP contribution >= 0.6 is 24.0 Å². The lowest BCUT2D eigenvalue weighted by atomic mass is 10.4. The maximum Gasteiger partial charge on any atom is 0.0351 e. The first-order valence-corrected chi connectivity index (χ1v) is 3.88. The zero-order valence-corrected chi connectivity index (χ0v) is 8.20. The Hall–Kier alpha value is 0.0200. The quantitative estimate of drug-likeness (QED) is 0.465. The lowest BCUT2D eigenvalue weighted by Gasteiger charge is -2.16. The molecule has 1 nitrogen and oxygen atoms in total. The van der Waals surface area contributed by atoms with E-state index in [1.54, 1.807) is 0 Å². The van der Waals surface area contributed by atoms with Crippen molar-refractivity contribution in [2.24, 2.45) is 0 Å². The van der Waals surface area contributed by atoms with Crippen LogP contribution in [-0.4, -0.2) is 30.4 Å². The average molecular weight is 196 g/mol. The summed E-state index contributed by atoms with van der Waals surface area (Å²) in [6.07, 6.45) is 3.74. The summed E-state index contributed by atoms with van der Waals surface area (Å²) in [4.78, 5) is 2.17. The molecule has 0 aliphatic heterocycles. The van der Waals surface area contributed by atoms with Crippen molar-refractivity contribution in [1.29, 1.82) is 0 Å². The van der Waals surface area contributed by atoms with Crippen molar-refractivity contribution in [2.45, 2.75) is 0 Å². The number of halogens is 2. The number of alkyl halides is 1. The topological polar surface area (TPSA) is 3.24 Å².